The van der Waals surface area contributed by atoms with Crippen LogP contribution < -0.4 is 18.9 Å². The number of allylic oxidation sites excluding steroid dienone is 1. The van der Waals surface area contributed by atoms with Gasteiger partial charge in [0.25, 0.3) is 0 Å². The molecule has 0 N–H and O–H groups in total. The lowest BCUT2D eigenvalue weighted by molar-refractivity contribution is -0.143. The number of esters is 2. The third-order valence-electron chi connectivity index (χ3n) is 5.61. The molecule has 2 rings (SSSR count). The smallest absolute Gasteiger partial charge is 0.316 e. The van der Waals surface area contributed by atoms with Gasteiger partial charge >= 0.3 is 11.9 Å². The number of benzene rings is 2. The van der Waals surface area contributed by atoms with E-state index in [-0.39, 0.29) is 23.8 Å². The largest absolute Gasteiger partial charge is 0.490 e. The van der Waals surface area contributed by atoms with Gasteiger partial charge in [0.15, 0.2) is 17.3 Å². The van der Waals surface area contributed by atoms with Crippen LogP contribution in [0.5, 0.6) is 23.0 Å². The molecule has 0 bridgehead atoms. The van der Waals surface area contributed by atoms with Crippen molar-refractivity contribution in [3.8, 4) is 23.0 Å². The highest BCUT2D eigenvalue weighted by atomic mass is 16.6. The van der Waals surface area contributed by atoms with Crippen LogP contribution >= 0.6 is 0 Å². The Bertz CT molecular complexity index is 1220. The van der Waals surface area contributed by atoms with Gasteiger partial charge in [-0.15, -0.1) is 0 Å². The second-order valence-electron chi connectivity index (χ2n) is 12.1. The molecule has 2 aromatic rings. The summed E-state index contributed by atoms with van der Waals surface area (Å²) in [4.78, 5) is 37.9. The summed E-state index contributed by atoms with van der Waals surface area (Å²) in [5.74, 6) is 0.348. The predicted octanol–water partition coefficient (Wildman–Crippen LogP) is 7.40. The molecule has 0 atom stereocenters. The Hall–Kier alpha value is -3.61. The average Bonchev–Trinajstić information content (AvgIpc) is 2.82. The number of methoxy groups -OCH3 is 1. The molecule has 0 heterocycles. The minimum Gasteiger partial charge on any atom is -0.490 e. The Morgan fingerprint density at radius 2 is 1.31 bits per heavy atom. The zero-order valence-corrected chi connectivity index (χ0v) is 25.1. The van der Waals surface area contributed by atoms with Gasteiger partial charge in [-0.3, -0.25) is 14.4 Å². The fourth-order valence-corrected chi connectivity index (χ4v) is 3.32. The van der Waals surface area contributed by atoms with Crippen LogP contribution in [0.1, 0.15) is 96.6 Å². The van der Waals surface area contributed by atoms with E-state index in [4.69, 9.17) is 18.9 Å². The van der Waals surface area contributed by atoms with Crippen molar-refractivity contribution in [2.45, 2.75) is 81.3 Å². The summed E-state index contributed by atoms with van der Waals surface area (Å²) in [5.41, 5.74) is 0.439. The van der Waals surface area contributed by atoms with Gasteiger partial charge < -0.3 is 18.9 Å². The average molecular weight is 539 g/mol. The number of hydrogen-bond acceptors (Lipinski definition) is 7. The molecular formula is C32H42O7. The number of carbonyl (C=O) groups is 3. The van der Waals surface area contributed by atoms with Gasteiger partial charge in [-0.2, -0.15) is 0 Å². The fourth-order valence-electron chi connectivity index (χ4n) is 3.32. The summed E-state index contributed by atoms with van der Waals surface area (Å²) in [6, 6.07) is 8.26. The van der Waals surface area contributed by atoms with E-state index >= 15 is 0 Å². The van der Waals surface area contributed by atoms with Crippen molar-refractivity contribution in [2.24, 2.45) is 10.8 Å². The summed E-state index contributed by atoms with van der Waals surface area (Å²) < 4.78 is 23.1. The van der Waals surface area contributed by atoms with E-state index in [1.165, 1.54) is 13.2 Å². The molecule has 0 spiro atoms. The monoisotopic (exact) mass is 538 g/mol. The Morgan fingerprint density at radius 3 is 1.77 bits per heavy atom. The molecule has 0 fully saturated rings. The molecule has 0 saturated heterocycles. The van der Waals surface area contributed by atoms with E-state index in [0.29, 0.717) is 34.1 Å². The maximum Gasteiger partial charge on any atom is 0.316 e. The minimum absolute atomic E-state index is 0.0130. The third kappa shape index (κ3) is 8.44. The van der Waals surface area contributed by atoms with Crippen LogP contribution in [0.3, 0.4) is 0 Å². The van der Waals surface area contributed by atoms with Crippen molar-refractivity contribution in [2.75, 3.05) is 7.11 Å². The van der Waals surface area contributed by atoms with Crippen LogP contribution in [0.2, 0.25) is 0 Å². The zero-order chi connectivity index (χ0) is 29.7. The van der Waals surface area contributed by atoms with Crippen molar-refractivity contribution >= 4 is 23.8 Å². The first-order chi connectivity index (χ1) is 17.9. The number of carbonyl (C=O) groups excluding carboxylic acids is 3. The van der Waals surface area contributed by atoms with Crippen molar-refractivity contribution in [3.63, 3.8) is 0 Å². The van der Waals surface area contributed by atoms with Gasteiger partial charge in [0.05, 0.1) is 24.0 Å². The summed E-state index contributed by atoms with van der Waals surface area (Å²) in [5, 5.41) is 0. The van der Waals surface area contributed by atoms with E-state index in [9.17, 15) is 14.4 Å². The van der Waals surface area contributed by atoms with Gasteiger partial charge in [0, 0.05) is 16.7 Å². The van der Waals surface area contributed by atoms with E-state index < -0.39 is 16.8 Å². The molecule has 7 nitrogen and oxygen atoms in total. The molecule has 0 radical (unpaired) electrons. The highest BCUT2D eigenvalue weighted by Crippen LogP contribution is 2.47. The van der Waals surface area contributed by atoms with Crippen molar-refractivity contribution in [3.05, 3.63) is 53.1 Å². The standard InChI is InChI=1S/C32H42O7/c1-19(2)24-18-22(26(37-20(3)4)28(36-11)27(24)39-30(35)32(8,9)10)14-17-25(33)21-12-15-23(16-13-21)38-29(34)31(5,6)7/h12-20H,1-11H3. The molecule has 0 aliphatic carbocycles. The Morgan fingerprint density at radius 1 is 0.769 bits per heavy atom. The van der Waals surface area contributed by atoms with Gasteiger partial charge in [-0.25, -0.2) is 0 Å². The van der Waals surface area contributed by atoms with Gasteiger partial charge in [-0.1, -0.05) is 13.8 Å². The number of hydrogen-bond donors (Lipinski definition) is 0. The second-order valence-corrected chi connectivity index (χ2v) is 12.1. The van der Waals surface area contributed by atoms with E-state index in [1.807, 2.05) is 33.8 Å². The Kier molecular flexibility index (Phi) is 10.1. The molecule has 0 amide bonds. The number of ether oxygens (including phenoxy) is 4. The molecule has 0 saturated carbocycles. The summed E-state index contributed by atoms with van der Waals surface area (Å²) in [6.45, 7) is 18.4. The normalized spacial score (nSPS) is 12.1. The quantitative estimate of drug-likeness (QED) is 0.142. The molecule has 39 heavy (non-hydrogen) atoms. The number of ketones is 1. The van der Waals surface area contributed by atoms with Crippen LogP contribution in [0, 0.1) is 10.8 Å². The van der Waals surface area contributed by atoms with E-state index in [2.05, 4.69) is 0 Å². The van der Waals surface area contributed by atoms with E-state index in [0.717, 1.165) is 5.56 Å². The lowest BCUT2D eigenvalue weighted by Crippen LogP contribution is -2.26. The molecule has 0 aromatic heterocycles. The highest BCUT2D eigenvalue weighted by molar-refractivity contribution is 6.07. The van der Waals surface area contributed by atoms with Crippen LogP contribution in [0.25, 0.3) is 6.08 Å². The van der Waals surface area contributed by atoms with Gasteiger partial charge in [0.1, 0.15) is 5.75 Å². The Labute approximate surface area is 232 Å². The van der Waals surface area contributed by atoms with Crippen molar-refractivity contribution < 1.29 is 33.3 Å². The lowest BCUT2D eigenvalue weighted by atomic mass is 9.95. The van der Waals surface area contributed by atoms with Gasteiger partial charge in [0.2, 0.25) is 5.75 Å². The maximum atomic E-state index is 13.0. The molecule has 0 unspecified atom stereocenters. The summed E-state index contributed by atoms with van der Waals surface area (Å²) >= 11 is 0. The fraction of sp³-hybridized carbons (Fsp3) is 0.469. The minimum atomic E-state index is -0.718. The molecule has 2 aromatic carbocycles. The zero-order valence-electron chi connectivity index (χ0n) is 25.1. The topological polar surface area (TPSA) is 88.1 Å². The molecule has 7 heteroatoms. The van der Waals surface area contributed by atoms with E-state index in [1.54, 1.807) is 71.9 Å². The third-order valence-corrected chi connectivity index (χ3v) is 5.61. The molecular weight excluding hydrogens is 496 g/mol. The SMILES string of the molecule is COc1c(OC(C)C)c(C=CC(=O)c2ccc(OC(=O)C(C)(C)C)cc2)cc(C(C)C)c1OC(=O)C(C)(C)C. The van der Waals surface area contributed by atoms with Crippen LogP contribution in [0.15, 0.2) is 36.4 Å². The van der Waals surface area contributed by atoms with Crippen molar-refractivity contribution in [1.82, 2.24) is 0 Å². The van der Waals surface area contributed by atoms with Gasteiger partial charge in [-0.05, 0) is 104 Å². The molecule has 0 aliphatic rings. The van der Waals surface area contributed by atoms with Crippen LogP contribution in [0.4, 0.5) is 0 Å². The molecule has 212 valence electrons. The first-order valence-electron chi connectivity index (χ1n) is 13.1. The summed E-state index contributed by atoms with van der Waals surface area (Å²) in [6.07, 6.45) is 2.90. The number of rotatable bonds is 9. The van der Waals surface area contributed by atoms with Crippen LogP contribution in [-0.4, -0.2) is 30.9 Å². The lowest BCUT2D eigenvalue weighted by Gasteiger charge is -2.24. The van der Waals surface area contributed by atoms with Crippen LogP contribution in [-0.2, 0) is 9.59 Å². The van der Waals surface area contributed by atoms with Crippen molar-refractivity contribution in [1.29, 1.82) is 0 Å². The summed E-state index contributed by atoms with van der Waals surface area (Å²) in [7, 11) is 1.49. The first-order valence-corrected chi connectivity index (χ1v) is 13.1. The maximum absolute atomic E-state index is 13.0. The second kappa shape index (κ2) is 12.5. The molecule has 0 aliphatic heterocycles. The highest BCUT2D eigenvalue weighted by Gasteiger charge is 2.30. The predicted molar refractivity (Wildman–Crippen MR) is 153 cm³/mol. The Balaban J connectivity index is 2.49. The first kappa shape index (κ1) is 31.6.